The molecule has 3 aliphatic carbocycles. The number of nitrogens with zero attached hydrogens (tertiary/aromatic N) is 7. The molecule has 1 aromatic carbocycles. The Balaban J connectivity index is 1.27. The molecule has 7 rings (SSSR count). The second-order valence-electron chi connectivity index (χ2n) is 11.8. The van der Waals surface area contributed by atoms with Crippen molar-refractivity contribution in [2.24, 2.45) is 5.41 Å². The zero-order valence-electron chi connectivity index (χ0n) is 22.7. The number of aromatic nitrogens is 7. The monoisotopic (exact) mass is 579 g/mol. The molecule has 2 atom stereocenters. The molecule has 3 heterocycles. The molecule has 2 bridgehead atoms. The fraction of sp³-hybridized carbons (Fsp3) is 0.429. The van der Waals surface area contributed by atoms with Crippen LogP contribution in [0.2, 0.25) is 0 Å². The van der Waals surface area contributed by atoms with Crippen molar-refractivity contribution in [3.63, 3.8) is 0 Å². The summed E-state index contributed by atoms with van der Waals surface area (Å²) in [6.45, 7) is 4.33. The third kappa shape index (κ3) is 3.85. The fourth-order valence-electron chi connectivity index (χ4n) is 6.86. The first-order chi connectivity index (χ1) is 19.5. The summed E-state index contributed by atoms with van der Waals surface area (Å²) in [4.78, 5) is 13.8. The lowest BCUT2D eigenvalue weighted by atomic mass is 9.66. The van der Waals surface area contributed by atoms with Gasteiger partial charge in [0.05, 0.1) is 46.3 Å². The van der Waals surface area contributed by atoms with Crippen LogP contribution >= 0.6 is 0 Å². The van der Waals surface area contributed by atoms with Crippen LogP contribution in [0.5, 0.6) is 0 Å². The van der Waals surface area contributed by atoms with Crippen LogP contribution in [0.4, 0.5) is 8.78 Å². The summed E-state index contributed by atoms with van der Waals surface area (Å²) < 4.78 is 58.7. The van der Waals surface area contributed by atoms with Crippen LogP contribution in [-0.4, -0.2) is 56.2 Å². The molecule has 212 valence electrons. The second kappa shape index (κ2) is 8.65. The standard InChI is InChI=1S/C28H27F2N7O3S/c1-26(2)17-7-9-28(26,23-16(17)13-20(34-35-23)22-18(29)5-4-6-19(22)30)21-8-12-31-25(33-21)37-15-32-24(36-37)27(10-11-27)14-40-41(3,38)39/h4-6,8,12-13,15,17H,7,9-11,14H2,1-3H3/t17-,28+/m0/s1. The molecule has 3 aliphatic rings. The van der Waals surface area contributed by atoms with Crippen molar-refractivity contribution in [3.05, 3.63) is 77.3 Å². The Morgan fingerprint density at radius 2 is 1.83 bits per heavy atom. The van der Waals surface area contributed by atoms with Crippen LogP contribution in [0.3, 0.4) is 0 Å². The van der Waals surface area contributed by atoms with Gasteiger partial charge in [-0.25, -0.2) is 23.7 Å². The molecule has 0 spiro atoms. The number of hydrogen-bond acceptors (Lipinski definition) is 9. The molecule has 3 aromatic heterocycles. The summed E-state index contributed by atoms with van der Waals surface area (Å²) >= 11 is 0. The third-order valence-electron chi connectivity index (χ3n) is 9.26. The first kappa shape index (κ1) is 26.2. The molecule has 0 amide bonds. The predicted octanol–water partition coefficient (Wildman–Crippen LogP) is 4.00. The molecule has 41 heavy (non-hydrogen) atoms. The van der Waals surface area contributed by atoms with E-state index in [1.165, 1.54) is 29.2 Å². The average Bonchev–Trinajstić information content (AvgIpc) is 3.39. The van der Waals surface area contributed by atoms with Crippen molar-refractivity contribution in [1.82, 2.24) is 34.9 Å². The quantitative estimate of drug-likeness (QED) is 0.299. The Hall–Kier alpha value is -3.71. The molecule has 2 saturated carbocycles. The third-order valence-corrected chi connectivity index (χ3v) is 9.80. The van der Waals surface area contributed by atoms with Crippen molar-refractivity contribution >= 4 is 10.1 Å². The second-order valence-corrected chi connectivity index (χ2v) is 13.5. The number of benzene rings is 1. The maximum atomic E-state index is 14.6. The molecular weight excluding hydrogens is 552 g/mol. The molecule has 0 unspecified atom stereocenters. The van der Waals surface area contributed by atoms with Gasteiger partial charge in [0.25, 0.3) is 16.1 Å². The lowest BCUT2D eigenvalue weighted by molar-refractivity contribution is 0.242. The lowest BCUT2D eigenvalue weighted by Gasteiger charge is -2.37. The number of rotatable bonds is 7. The molecule has 13 heteroatoms. The summed E-state index contributed by atoms with van der Waals surface area (Å²) in [5.74, 6) is -0.456. The van der Waals surface area contributed by atoms with Gasteiger partial charge in [0, 0.05) is 6.20 Å². The van der Waals surface area contributed by atoms with Crippen LogP contribution in [-0.2, 0) is 25.1 Å². The van der Waals surface area contributed by atoms with E-state index in [0.29, 0.717) is 11.8 Å². The van der Waals surface area contributed by atoms with Gasteiger partial charge in [-0.1, -0.05) is 19.9 Å². The van der Waals surface area contributed by atoms with Gasteiger partial charge in [-0.05, 0) is 66.8 Å². The highest BCUT2D eigenvalue weighted by atomic mass is 32.2. The summed E-state index contributed by atoms with van der Waals surface area (Å²) in [5, 5.41) is 13.5. The summed E-state index contributed by atoms with van der Waals surface area (Å²) in [7, 11) is -3.59. The van der Waals surface area contributed by atoms with Crippen LogP contribution in [0.25, 0.3) is 17.2 Å². The van der Waals surface area contributed by atoms with Gasteiger partial charge < -0.3 is 0 Å². The van der Waals surface area contributed by atoms with Crippen molar-refractivity contribution in [2.75, 3.05) is 12.9 Å². The first-order valence-corrected chi connectivity index (χ1v) is 15.2. The maximum absolute atomic E-state index is 14.6. The minimum Gasteiger partial charge on any atom is -0.269 e. The Labute approximate surface area is 235 Å². The van der Waals surface area contributed by atoms with E-state index in [1.807, 2.05) is 6.07 Å². The van der Waals surface area contributed by atoms with Gasteiger partial charge in [-0.2, -0.15) is 18.2 Å². The van der Waals surface area contributed by atoms with Gasteiger partial charge in [0.15, 0.2) is 5.82 Å². The van der Waals surface area contributed by atoms with E-state index in [2.05, 4.69) is 39.1 Å². The molecule has 0 radical (unpaired) electrons. The van der Waals surface area contributed by atoms with Gasteiger partial charge in [0.1, 0.15) is 18.0 Å². The minimum absolute atomic E-state index is 0.0103. The van der Waals surface area contributed by atoms with E-state index in [4.69, 9.17) is 9.17 Å². The van der Waals surface area contributed by atoms with Crippen LogP contribution < -0.4 is 0 Å². The van der Waals surface area contributed by atoms with E-state index < -0.39 is 32.6 Å². The summed E-state index contributed by atoms with van der Waals surface area (Å²) in [6.07, 6.45) is 7.30. The molecule has 0 aliphatic heterocycles. The highest BCUT2D eigenvalue weighted by Gasteiger charge is 2.65. The zero-order valence-corrected chi connectivity index (χ0v) is 23.5. The van der Waals surface area contributed by atoms with E-state index in [9.17, 15) is 17.2 Å². The normalized spacial score (nSPS) is 23.5. The van der Waals surface area contributed by atoms with Gasteiger partial charge in [-0.15, -0.1) is 10.2 Å². The minimum atomic E-state index is -3.59. The molecular formula is C28H27F2N7O3S. The predicted molar refractivity (Wildman–Crippen MR) is 143 cm³/mol. The highest BCUT2D eigenvalue weighted by Crippen LogP contribution is 2.69. The molecule has 4 aromatic rings. The van der Waals surface area contributed by atoms with E-state index in [-0.39, 0.29) is 29.2 Å². The molecule has 10 nitrogen and oxygen atoms in total. The van der Waals surface area contributed by atoms with Crippen molar-refractivity contribution in [1.29, 1.82) is 0 Å². The molecule has 0 saturated heterocycles. The lowest BCUT2D eigenvalue weighted by Crippen LogP contribution is -2.38. The topological polar surface area (TPSA) is 126 Å². The smallest absolute Gasteiger partial charge is 0.264 e. The number of hydrogen-bond donors (Lipinski definition) is 0. The average molecular weight is 580 g/mol. The Kier molecular flexibility index (Phi) is 5.53. The fourth-order valence-corrected chi connectivity index (χ4v) is 7.30. The van der Waals surface area contributed by atoms with Gasteiger partial charge >= 0.3 is 0 Å². The zero-order chi connectivity index (χ0) is 28.8. The largest absolute Gasteiger partial charge is 0.269 e. The molecule has 2 fully saturated rings. The van der Waals surface area contributed by atoms with Crippen molar-refractivity contribution < 1.29 is 21.4 Å². The van der Waals surface area contributed by atoms with Crippen LogP contribution in [0.15, 0.2) is 42.9 Å². The Bertz CT molecular complexity index is 1800. The summed E-state index contributed by atoms with van der Waals surface area (Å²) in [5.41, 5.74) is 0.999. The SMILES string of the molecule is CC1(C)[C@H]2CC[C@@]1(c1ccnc(-n3cnc(C4(COS(C)(=O)=O)CC4)n3)n1)c1nnc(-c3c(F)cccc3F)cc12. The molecule has 0 N–H and O–H groups in total. The Morgan fingerprint density at radius 1 is 1.07 bits per heavy atom. The number of fused-ring (bicyclic) bond motifs is 5. The first-order valence-electron chi connectivity index (χ1n) is 13.4. The summed E-state index contributed by atoms with van der Waals surface area (Å²) in [6, 6.07) is 7.40. The van der Waals surface area contributed by atoms with Crippen molar-refractivity contribution in [3.8, 4) is 17.2 Å². The number of halogens is 2. The maximum Gasteiger partial charge on any atom is 0.264 e. The van der Waals surface area contributed by atoms with Crippen molar-refractivity contribution in [2.45, 2.75) is 56.3 Å². The van der Waals surface area contributed by atoms with E-state index >= 15 is 0 Å². The Morgan fingerprint density at radius 3 is 2.54 bits per heavy atom. The van der Waals surface area contributed by atoms with Gasteiger partial charge in [-0.3, -0.25) is 4.18 Å². The van der Waals surface area contributed by atoms with Crippen LogP contribution in [0.1, 0.15) is 68.2 Å². The van der Waals surface area contributed by atoms with Crippen LogP contribution in [0, 0.1) is 17.0 Å². The van der Waals surface area contributed by atoms with E-state index in [0.717, 1.165) is 48.9 Å². The van der Waals surface area contributed by atoms with E-state index in [1.54, 1.807) is 12.3 Å². The highest BCUT2D eigenvalue weighted by molar-refractivity contribution is 7.85. The van der Waals surface area contributed by atoms with Gasteiger partial charge in [0.2, 0.25) is 0 Å².